The molecule has 0 spiro atoms. The fourth-order valence-electron chi connectivity index (χ4n) is 3.69. The highest BCUT2D eigenvalue weighted by Crippen LogP contribution is 2.37. The van der Waals surface area contributed by atoms with Crippen molar-refractivity contribution in [3.8, 4) is 0 Å². The summed E-state index contributed by atoms with van der Waals surface area (Å²) in [5, 5.41) is 8.01. The van der Waals surface area contributed by atoms with Crippen LogP contribution in [-0.4, -0.2) is 0 Å². The average molecular weight is 287 g/mol. The molecule has 0 aliphatic heterocycles. The van der Waals surface area contributed by atoms with Crippen molar-refractivity contribution >= 4 is 38.0 Å². The van der Waals surface area contributed by atoms with Crippen LogP contribution >= 0.6 is 0 Å². The van der Waals surface area contributed by atoms with Gasteiger partial charge in [0.1, 0.15) is 0 Å². The zero-order valence-corrected chi connectivity index (χ0v) is 13.0. The van der Waals surface area contributed by atoms with E-state index < -0.39 is 0 Å². The van der Waals surface area contributed by atoms with E-state index in [0.29, 0.717) is 0 Å². The highest BCUT2D eigenvalue weighted by atomic mass is 14.5. The minimum atomic E-state index is 0.842. The molecular weight excluding hydrogens is 266 g/mol. The van der Waals surface area contributed by atoms with Crippen LogP contribution in [0.25, 0.3) is 32.3 Å². The molecule has 0 aromatic heterocycles. The summed E-state index contributed by atoms with van der Waals surface area (Å²) in [6, 6.07) is 17.7. The summed E-state index contributed by atoms with van der Waals surface area (Å²) < 4.78 is 0. The highest BCUT2D eigenvalue weighted by molar-refractivity contribution is 6.24. The molecule has 0 fully saturated rings. The minimum Gasteiger partial charge on any atom is -0.399 e. The number of hydrogen-bond acceptors (Lipinski definition) is 1. The third kappa shape index (κ3) is 2.00. The number of hydrogen-bond donors (Lipinski definition) is 1. The van der Waals surface area contributed by atoms with Crippen molar-refractivity contribution in [3.05, 3.63) is 54.1 Å². The SMILES string of the molecule is CCCCCc1ccc2ccc3cc(N)cc4ccc1c2c34. The Balaban J connectivity index is 2.02. The molecule has 0 radical (unpaired) electrons. The Morgan fingerprint density at radius 1 is 0.773 bits per heavy atom. The summed E-state index contributed by atoms with van der Waals surface area (Å²) in [5.74, 6) is 0. The normalized spacial score (nSPS) is 11.9. The molecule has 0 amide bonds. The maximum Gasteiger partial charge on any atom is 0.0326 e. The zero-order chi connectivity index (χ0) is 15.1. The molecule has 0 bridgehead atoms. The van der Waals surface area contributed by atoms with Crippen molar-refractivity contribution in [2.24, 2.45) is 0 Å². The van der Waals surface area contributed by atoms with Gasteiger partial charge in [-0.05, 0) is 62.9 Å². The molecule has 1 nitrogen and oxygen atoms in total. The first-order chi connectivity index (χ1) is 10.8. The second-order valence-electron chi connectivity index (χ2n) is 6.30. The molecule has 4 rings (SSSR count). The lowest BCUT2D eigenvalue weighted by Crippen LogP contribution is -1.92. The number of aryl methyl sites for hydroxylation is 1. The van der Waals surface area contributed by atoms with Gasteiger partial charge in [0, 0.05) is 5.69 Å². The lowest BCUT2D eigenvalue weighted by atomic mass is 9.90. The molecule has 1 heteroatoms. The molecule has 22 heavy (non-hydrogen) atoms. The van der Waals surface area contributed by atoms with Crippen molar-refractivity contribution in [1.82, 2.24) is 0 Å². The fourth-order valence-corrected chi connectivity index (χ4v) is 3.69. The van der Waals surface area contributed by atoms with E-state index in [-0.39, 0.29) is 0 Å². The van der Waals surface area contributed by atoms with Crippen LogP contribution in [0.3, 0.4) is 0 Å². The van der Waals surface area contributed by atoms with E-state index in [4.69, 9.17) is 5.73 Å². The molecule has 0 atom stereocenters. The van der Waals surface area contributed by atoms with Crippen LogP contribution < -0.4 is 5.73 Å². The van der Waals surface area contributed by atoms with Gasteiger partial charge in [0.15, 0.2) is 0 Å². The van der Waals surface area contributed by atoms with Gasteiger partial charge in [0.25, 0.3) is 0 Å². The largest absolute Gasteiger partial charge is 0.399 e. The van der Waals surface area contributed by atoms with Gasteiger partial charge in [0.2, 0.25) is 0 Å². The first-order valence-electron chi connectivity index (χ1n) is 8.24. The van der Waals surface area contributed by atoms with Crippen LogP contribution in [0, 0.1) is 0 Å². The Morgan fingerprint density at radius 3 is 2.23 bits per heavy atom. The van der Waals surface area contributed by atoms with Gasteiger partial charge in [-0.3, -0.25) is 0 Å². The Morgan fingerprint density at radius 2 is 1.45 bits per heavy atom. The monoisotopic (exact) mass is 287 g/mol. The summed E-state index contributed by atoms with van der Waals surface area (Å²) in [6.07, 6.45) is 5.02. The van der Waals surface area contributed by atoms with Gasteiger partial charge >= 0.3 is 0 Å². The van der Waals surface area contributed by atoms with Gasteiger partial charge in [-0.25, -0.2) is 0 Å². The quantitative estimate of drug-likeness (QED) is 0.282. The van der Waals surface area contributed by atoms with Gasteiger partial charge < -0.3 is 5.73 Å². The third-order valence-corrected chi connectivity index (χ3v) is 4.76. The lowest BCUT2D eigenvalue weighted by molar-refractivity contribution is 0.720. The minimum absolute atomic E-state index is 0.842. The maximum absolute atomic E-state index is 6.04. The van der Waals surface area contributed by atoms with Gasteiger partial charge in [0.05, 0.1) is 0 Å². The van der Waals surface area contributed by atoms with Gasteiger partial charge in [-0.1, -0.05) is 56.2 Å². The summed E-state index contributed by atoms with van der Waals surface area (Å²) in [7, 11) is 0. The smallest absolute Gasteiger partial charge is 0.0326 e. The van der Waals surface area contributed by atoms with E-state index in [1.807, 2.05) is 0 Å². The molecule has 0 saturated heterocycles. The van der Waals surface area contributed by atoms with Crippen LogP contribution in [0.5, 0.6) is 0 Å². The van der Waals surface area contributed by atoms with E-state index in [0.717, 1.165) is 5.69 Å². The maximum atomic E-state index is 6.04. The van der Waals surface area contributed by atoms with Crippen LogP contribution in [-0.2, 0) is 6.42 Å². The number of benzene rings is 4. The molecule has 2 N–H and O–H groups in total. The van der Waals surface area contributed by atoms with Gasteiger partial charge in [-0.2, -0.15) is 0 Å². The molecule has 110 valence electrons. The number of rotatable bonds is 4. The average Bonchev–Trinajstić information content (AvgIpc) is 2.53. The number of unbranched alkanes of at least 4 members (excludes halogenated alkanes) is 2. The first-order valence-corrected chi connectivity index (χ1v) is 8.24. The van der Waals surface area contributed by atoms with E-state index in [1.54, 1.807) is 0 Å². The first kappa shape index (κ1) is 13.4. The molecule has 0 aliphatic carbocycles. The topological polar surface area (TPSA) is 26.0 Å². The predicted octanol–water partition coefficient (Wildman–Crippen LogP) is 5.90. The summed E-state index contributed by atoms with van der Waals surface area (Å²) in [4.78, 5) is 0. The number of anilines is 1. The molecule has 0 heterocycles. The molecule has 0 aliphatic rings. The Hall–Kier alpha value is -2.28. The number of nitrogen functional groups attached to an aromatic ring is 1. The van der Waals surface area contributed by atoms with Crippen molar-refractivity contribution in [3.63, 3.8) is 0 Å². The number of nitrogens with two attached hydrogens (primary N) is 1. The van der Waals surface area contributed by atoms with Gasteiger partial charge in [-0.15, -0.1) is 0 Å². The van der Waals surface area contributed by atoms with E-state index in [2.05, 4.69) is 55.5 Å². The second-order valence-corrected chi connectivity index (χ2v) is 6.30. The molecule has 0 saturated carbocycles. The highest BCUT2D eigenvalue weighted by Gasteiger charge is 2.11. The summed E-state index contributed by atoms with van der Waals surface area (Å²) >= 11 is 0. The molecular formula is C21H21N. The van der Waals surface area contributed by atoms with E-state index >= 15 is 0 Å². The fraction of sp³-hybridized carbons (Fsp3) is 0.238. The van der Waals surface area contributed by atoms with E-state index in [9.17, 15) is 0 Å². The molecule has 4 aromatic carbocycles. The Bertz CT molecular complexity index is 933. The van der Waals surface area contributed by atoms with Crippen molar-refractivity contribution in [2.75, 3.05) is 5.73 Å². The van der Waals surface area contributed by atoms with E-state index in [1.165, 1.54) is 63.6 Å². The summed E-state index contributed by atoms with van der Waals surface area (Å²) in [5.41, 5.74) is 8.36. The second kappa shape index (κ2) is 5.17. The zero-order valence-electron chi connectivity index (χ0n) is 13.0. The van der Waals surface area contributed by atoms with Crippen LogP contribution in [0.15, 0.2) is 48.5 Å². The molecule has 4 aromatic rings. The summed E-state index contributed by atoms with van der Waals surface area (Å²) in [6.45, 7) is 2.26. The van der Waals surface area contributed by atoms with Crippen LogP contribution in [0.4, 0.5) is 5.69 Å². The van der Waals surface area contributed by atoms with Crippen LogP contribution in [0.2, 0.25) is 0 Å². The standard InChI is InChI=1S/C21H21N/c1-2-3-4-5-14-6-7-15-8-9-16-12-18(22)13-17-10-11-19(14)21(15)20(16)17/h6-13H,2-5,22H2,1H3. The Kier molecular flexibility index (Phi) is 3.15. The van der Waals surface area contributed by atoms with Crippen molar-refractivity contribution in [2.45, 2.75) is 32.6 Å². The predicted molar refractivity (Wildman–Crippen MR) is 97.8 cm³/mol. The van der Waals surface area contributed by atoms with Crippen molar-refractivity contribution in [1.29, 1.82) is 0 Å². The third-order valence-electron chi connectivity index (χ3n) is 4.76. The van der Waals surface area contributed by atoms with Crippen molar-refractivity contribution < 1.29 is 0 Å². The lowest BCUT2D eigenvalue weighted by Gasteiger charge is -2.14. The van der Waals surface area contributed by atoms with Crippen LogP contribution in [0.1, 0.15) is 31.7 Å². The Labute approximate surface area is 131 Å². The molecule has 0 unspecified atom stereocenters.